The average Bonchev–Trinajstić information content (AvgIpc) is 2.74. The van der Waals surface area contributed by atoms with E-state index in [1.807, 2.05) is 24.3 Å². The number of aromatic nitrogens is 2. The highest BCUT2D eigenvalue weighted by Gasteiger charge is 2.24. The molecule has 150 valence electrons. The van der Waals surface area contributed by atoms with E-state index in [1.165, 1.54) is 7.11 Å². The number of benzene rings is 2. The van der Waals surface area contributed by atoms with Crippen LogP contribution < -0.4 is 15.0 Å². The fourth-order valence-electron chi connectivity index (χ4n) is 3.27. The van der Waals surface area contributed by atoms with Crippen LogP contribution in [-0.2, 0) is 0 Å². The van der Waals surface area contributed by atoms with Crippen molar-refractivity contribution in [2.24, 2.45) is 0 Å². The zero-order valence-corrected chi connectivity index (χ0v) is 17.2. The second-order valence-corrected chi connectivity index (χ2v) is 7.41. The van der Waals surface area contributed by atoms with Gasteiger partial charge in [0.2, 0.25) is 0 Å². The molecule has 0 radical (unpaired) electrons. The topological polar surface area (TPSA) is 70.6 Å². The molecule has 7 nitrogen and oxygen atoms in total. The number of rotatable bonds is 3. The molecular formula is C20H19Cl2N5O2. The number of anilines is 2. The van der Waals surface area contributed by atoms with Crippen LogP contribution in [0.3, 0.4) is 0 Å². The number of ether oxygens (including phenoxy) is 1. The molecule has 2 heterocycles. The summed E-state index contributed by atoms with van der Waals surface area (Å²) in [5, 5.41) is 4.08. The number of piperazine rings is 1. The molecule has 1 fully saturated rings. The first-order chi connectivity index (χ1) is 14.0. The minimum atomic E-state index is -0.246. The number of amides is 2. The Kier molecular flexibility index (Phi) is 5.60. The van der Waals surface area contributed by atoms with E-state index in [1.54, 1.807) is 23.1 Å². The van der Waals surface area contributed by atoms with Crippen molar-refractivity contribution in [2.45, 2.75) is 0 Å². The predicted octanol–water partition coefficient (Wildman–Crippen LogP) is 4.30. The third kappa shape index (κ3) is 4.16. The quantitative estimate of drug-likeness (QED) is 0.669. The Morgan fingerprint density at radius 2 is 1.79 bits per heavy atom. The molecule has 29 heavy (non-hydrogen) atoms. The van der Waals surface area contributed by atoms with Crippen molar-refractivity contribution in [1.82, 2.24) is 14.9 Å². The van der Waals surface area contributed by atoms with Crippen molar-refractivity contribution in [3.05, 3.63) is 52.5 Å². The Morgan fingerprint density at radius 3 is 2.52 bits per heavy atom. The summed E-state index contributed by atoms with van der Waals surface area (Å²) in [6.45, 7) is 2.51. The highest BCUT2D eigenvalue weighted by atomic mass is 35.5. The van der Waals surface area contributed by atoms with Crippen LogP contribution in [-0.4, -0.2) is 54.2 Å². The summed E-state index contributed by atoms with van der Waals surface area (Å²) in [6.07, 6.45) is 0. The van der Waals surface area contributed by atoms with Gasteiger partial charge in [-0.25, -0.2) is 14.8 Å². The SMILES string of the molecule is COc1nc2cc(Cl)ccc2nc1NC(=O)N1CCN(c2ccccc2Cl)CC1. The summed E-state index contributed by atoms with van der Waals surface area (Å²) in [5.41, 5.74) is 2.20. The van der Waals surface area contributed by atoms with Crippen molar-refractivity contribution in [3.63, 3.8) is 0 Å². The lowest BCUT2D eigenvalue weighted by atomic mass is 10.2. The predicted molar refractivity (Wildman–Crippen MR) is 115 cm³/mol. The zero-order valence-electron chi connectivity index (χ0n) is 15.7. The Labute approximate surface area is 178 Å². The second kappa shape index (κ2) is 8.31. The molecule has 0 bridgehead atoms. The molecule has 2 amide bonds. The van der Waals surface area contributed by atoms with Crippen molar-refractivity contribution in [1.29, 1.82) is 0 Å². The third-order valence-corrected chi connectivity index (χ3v) is 5.33. The fraction of sp³-hybridized carbons (Fsp3) is 0.250. The molecule has 1 N–H and O–H groups in total. The Balaban J connectivity index is 1.46. The first-order valence-corrected chi connectivity index (χ1v) is 9.87. The number of urea groups is 1. The zero-order chi connectivity index (χ0) is 20.4. The summed E-state index contributed by atoms with van der Waals surface area (Å²) in [4.78, 5) is 25.5. The summed E-state index contributed by atoms with van der Waals surface area (Å²) in [5.74, 6) is 0.517. The van der Waals surface area contributed by atoms with Crippen LogP contribution in [0.15, 0.2) is 42.5 Å². The van der Waals surface area contributed by atoms with Gasteiger partial charge in [0.1, 0.15) is 0 Å². The van der Waals surface area contributed by atoms with Gasteiger partial charge < -0.3 is 14.5 Å². The van der Waals surface area contributed by atoms with E-state index in [2.05, 4.69) is 20.2 Å². The lowest BCUT2D eigenvalue weighted by Crippen LogP contribution is -2.50. The number of nitrogens with one attached hydrogen (secondary N) is 1. The molecule has 1 aromatic heterocycles. The number of nitrogens with zero attached hydrogens (tertiary/aromatic N) is 4. The molecule has 1 aliphatic heterocycles. The Hall–Kier alpha value is -2.77. The van der Waals surface area contributed by atoms with E-state index in [4.69, 9.17) is 27.9 Å². The minimum Gasteiger partial charge on any atom is -0.478 e. The van der Waals surface area contributed by atoms with Crippen LogP contribution in [0.5, 0.6) is 5.88 Å². The molecule has 0 saturated carbocycles. The largest absolute Gasteiger partial charge is 0.478 e. The van der Waals surface area contributed by atoms with Crippen LogP contribution in [0.1, 0.15) is 0 Å². The third-order valence-electron chi connectivity index (χ3n) is 4.77. The first-order valence-electron chi connectivity index (χ1n) is 9.12. The monoisotopic (exact) mass is 431 g/mol. The number of carbonyl (C=O) groups excluding carboxylic acids is 1. The van der Waals surface area contributed by atoms with Crippen molar-refractivity contribution < 1.29 is 9.53 Å². The smallest absolute Gasteiger partial charge is 0.323 e. The van der Waals surface area contributed by atoms with Gasteiger partial charge in [-0.1, -0.05) is 35.3 Å². The number of hydrogen-bond donors (Lipinski definition) is 1. The van der Waals surface area contributed by atoms with E-state index in [0.29, 0.717) is 47.3 Å². The molecule has 0 unspecified atom stereocenters. The summed E-state index contributed by atoms with van der Waals surface area (Å²) >= 11 is 12.3. The molecule has 9 heteroatoms. The van der Waals surface area contributed by atoms with Crippen LogP contribution >= 0.6 is 23.2 Å². The maximum atomic E-state index is 12.8. The number of methoxy groups -OCH3 is 1. The highest BCUT2D eigenvalue weighted by Crippen LogP contribution is 2.27. The molecule has 1 aliphatic rings. The number of para-hydroxylation sites is 1. The van der Waals surface area contributed by atoms with Gasteiger partial charge in [0.25, 0.3) is 5.88 Å². The van der Waals surface area contributed by atoms with Gasteiger partial charge >= 0.3 is 6.03 Å². The van der Waals surface area contributed by atoms with Gasteiger partial charge in [0.05, 0.1) is 28.9 Å². The van der Waals surface area contributed by atoms with Crippen molar-refractivity contribution in [3.8, 4) is 5.88 Å². The molecule has 0 atom stereocenters. The normalized spacial score (nSPS) is 14.2. The lowest BCUT2D eigenvalue weighted by Gasteiger charge is -2.36. The Bertz CT molecular complexity index is 1050. The molecular weight excluding hydrogens is 413 g/mol. The van der Waals surface area contributed by atoms with Crippen molar-refractivity contribution >= 4 is 51.8 Å². The van der Waals surface area contributed by atoms with Crippen LogP contribution in [0.25, 0.3) is 11.0 Å². The highest BCUT2D eigenvalue weighted by molar-refractivity contribution is 6.33. The molecule has 0 aliphatic carbocycles. The summed E-state index contributed by atoms with van der Waals surface area (Å²) < 4.78 is 5.30. The molecule has 1 saturated heterocycles. The van der Waals surface area contributed by atoms with Crippen LogP contribution in [0, 0.1) is 0 Å². The maximum Gasteiger partial charge on any atom is 0.323 e. The average molecular weight is 432 g/mol. The van der Waals surface area contributed by atoms with Crippen molar-refractivity contribution in [2.75, 3.05) is 43.5 Å². The first kappa shape index (κ1) is 19.5. The van der Waals surface area contributed by atoms with Gasteiger partial charge in [0.15, 0.2) is 5.82 Å². The van der Waals surface area contributed by atoms with Gasteiger partial charge in [-0.15, -0.1) is 0 Å². The van der Waals surface area contributed by atoms with Crippen LogP contribution in [0.4, 0.5) is 16.3 Å². The maximum absolute atomic E-state index is 12.8. The van der Waals surface area contributed by atoms with Crippen LogP contribution in [0.2, 0.25) is 10.0 Å². The van der Waals surface area contributed by atoms with Gasteiger partial charge in [0, 0.05) is 31.2 Å². The summed E-state index contributed by atoms with van der Waals surface area (Å²) in [7, 11) is 1.48. The summed E-state index contributed by atoms with van der Waals surface area (Å²) in [6, 6.07) is 12.6. The second-order valence-electron chi connectivity index (χ2n) is 6.57. The number of hydrogen-bond acceptors (Lipinski definition) is 5. The van der Waals surface area contributed by atoms with Gasteiger partial charge in [-0.05, 0) is 30.3 Å². The number of halogens is 2. The van der Waals surface area contributed by atoms with E-state index >= 15 is 0 Å². The standard InChI is InChI=1S/C20H19Cl2N5O2/c1-29-19-18(23-15-7-6-13(21)12-16(15)24-19)25-20(28)27-10-8-26(9-11-27)17-5-3-2-4-14(17)22/h2-7,12H,8-11H2,1H3,(H,23,25,28). The number of fused-ring (bicyclic) bond motifs is 1. The van der Waals surface area contributed by atoms with Gasteiger partial charge in [-0.2, -0.15) is 0 Å². The lowest BCUT2D eigenvalue weighted by molar-refractivity contribution is 0.208. The molecule has 2 aromatic carbocycles. The molecule has 3 aromatic rings. The minimum absolute atomic E-state index is 0.239. The van der Waals surface area contributed by atoms with E-state index in [9.17, 15) is 4.79 Å². The van der Waals surface area contributed by atoms with E-state index in [-0.39, 0.29) is 17.7 Å². The van der Waals surface area contributed by atoms with Gasteiger partial charge in [-0.3, -0.25) is 5.32 Å². The molecule has 0 spiro atoms. The van der Waals surface area contributed by atoms with E-state index in [0.717, 1.165) is 5.69 Å². The fourth-order valence-corrected chi connectivity index (χ4v) is 3.70. The molecule has 4 rings (SSSR count). The Morgan fingerprint density at radius 1 is 1.03 bits per heavy atom. The number of carbonyl (C=O) groups is 1. The van der Waals surface area contributed by atoms with E-state index < -0.39 is 0 Å².